The van der Waals surface area contributed by atoms with Crippen molar-refractivity contribution >= 4 is 35.7 Å². The summed E-state index contributed by atoms with van der Waals surface area (Å²) in [4.78, 5) is 33.0. The topological polar surface area (TPSA) is 183 Å². The Morgan fingerprint density at radius 1 is 0.976 bits per heavy atom. The molecule has 11 nitrogen and oxygen atoms in total. The molecule has 2 heterocycles. The number of anilines is 2. The minimum atomic E-state index is -0.921. The molecule has 0 radical (unpaired) electrons. The number of pyridine rings is 1. The van der Waals surface area contributed by atoms with Crippen molar-refractivity contribution in [1.29, 1.82) is 0 Å². The normalized spacial score (nSPS) is 17.3. The number of nitrogens with one attached hydrogen (secondary N) is 1. The number of H-pyrrole nitrogens is 1. The number of halogens is 1. The van der Waals surface area contributed by atoms with Crippen molar-refractivity contribution in [3.05, 3.63) is 72.4 Å². The van der Waals surface area contributed by atoms with Gasteiger partial charge in [0.25, 0.3) is 5.91 Å². The number of nitrogens with zero attached hydrogens (tertiary/aromatic N) is 5. The number of benzene rings is 2. The molecule has 1 atom stereocenters. The van der Waals surface area contributed by atoms with Gasteiger partial charge in [-0.3, -0.25) is 9.59 Å². The van der Waals surface area contributed by atoms with Gasteiger partial charge in [-0.25, -0.2) is 9.88 Å². The molecule has 2 aromatic heterocycles. The average Bonchev–Trinajstić information content (AvgIpc) is 3.53. The van der Waals surface area contributed by atoms with Crippen molar-refractivity contribution < 1.29 is 9.59 Å². The predicted octanol–water partition coefficient (Wildman–Crippen LogP) is 3.13. The smallest absolute Gasteiger partial charge is 0.251 e. The number of imide groups is 1. The lowest BCUT2D eigenvalue weighted by Gasteiger charge is -2.32. The van der Waals surface area contributed by atoms with E-state index in [1.54, 1.807) is 30.5 Å². The first-order valence-corrected chi connectivity index (χ1v) is 13.4. The van der Waals surface area contributed by atoms with Crippen LogP contribution in [0.5, 0.6) is 0 Å². The second-order valence-corrected chi connectivity index (χ2v) is 10.2. The first-order valence-electron chi connectivity index (χ1n) is 13.4. The van der Waals surface area contributed by atoms with E-state index in [1.165, 1.54) is 4.90 Å². The predicted molar refractivity (Wildman–Crippen MR) is 160 cm³/mol. The maximum Gasteiger partial charge on any atom is 0.251 e. The van der Waals surface area contributed by atoms with E-state index in [4.69, 9.17) is 17.2 Å². The second-order valence-electron chi connectivity index (χ2n) is 10.2. The van der Waals surface area contributed by atoms with Crippen LogP contribution in [0, 0.1) is 11.8 Å². The zero-order chi connectivity index (χ0) is 28.1. The molecule has 0 saturated heterocycles. The van der Waals surface area contributed by atoms with Crippen LogP contribution in [0.4, 0.5) is 11.5 Å². The molecule has 2 amide bonds. The molecule has 0 aliphatic heterocycles. The van der Waals surface area contributed by atoms with Crippen LogP contribution >= 0.6 is 12.4 Å². The Morgan fingerprint density at radius 2 is 1.66 bits per heavy atom. The van der Waals surface area contributed by atoms with Gasteiger partial charge in [0.15, 0.2) is 0 Å². The van der Waals surface area contributed by atoms with Gasteiger partial charge < -0.3 is 17.2 Å². The summed E-state index contributed by atoms with van der Waals surface area (Å²) < 4.78 is 0. The number of nitrogen functional groups attached to an aromatic ring is 1. The van der Waals surface area contributed by atoms with E-state index in [0.717, 1.165) is 29.5 Å². The molecule has 1 saturated carbocycles. The van der Waals surface area contributed by atoms with Gasteiger partial charge >= 0.3 is 0 Å². The van der Waals surface area contributed by atoms with E-state index in [9.17, 15) is 9.59 Å². The zero-order valence-corrected chi connectivity index (χ0v) is 23.3. The standard InChI is InChI=1S/C29H33N9O2.ClH/c30-17-19-5-9-22(10-6-19)28(39)38(23-13-11-21(12-14-23)27-34-36-37-35-27)29(40)25(31)16-18-3-7-20(8-4-18)24-2-1-15-33-26(24)32;/h1-4,7-8,11-15,19,22,25H,5-6,9-10,16-17,30-31H2,(H2,32,33)(H,34,35,36,37);1H/t19?,22?,25-;/m0./s1. The lowest BCUT2D eigenvalue weighted by Crippen LogP contribution is -2.50. The lowest BCUT2D eigenvalue weighted by atomic mass is 9.81. The molecule has 1 aliphatic rings. The van der Waals surface area contributed by atoms with Crippen LogP contribution in [0.3, 0.4) is 0 Å². The van der Waals surface area contributed by atoms with Crippen molar-refractivity contribution in [1.82, 2.24) is 25.6 Å². The number of carbonyl (C=O) groups excluding carboxylic acids is 2. The number of tetrazole rings is 1. The summed E-state index contributed by atoms with van der Waals surface area (Å²) >= 11 is 0. The average molecular weight is 576 g/mol. The van der Waals surface area contributed by atoms with Crippen molar-refractivity contribution in [2.24, 2.45) is 23.3 Å². The van der Waals surface area contributed by atoms with E-state index < -0.39 is 11.9 Å². The Labute approximate surface area is 244 Å². The molecule has 2 aromatic carbocycles. The van der Waals surface area contributed by atoms with Crippen molar-refractivity contribution in [2.45, 2.75) is 38.1 Å². The maximum atomic E-state index is 13.8. The minimum Gasteiger partial charge on any atom is -0.383 e. The minimum absolute atomic E-state index is 0. The molecule has 0 unspecified atom stereocenters. The molecule has 0 spiro atoms. The van der Waals surface area contributed by atoms with E-state index in [1.807, 2.05) is 36.4 Å². The third kappa shape index (κ3) is 6.76. The highest BCUT2D eigenvalue weighted by molar-refractivity contribution is 6.17. The van der Waals surface area contributed by atoms with E-state index >= 15 is 0 Å². The molecule has 4 aromatic rings. The number of rotatable bonds is 8. The van der Waals surface area contributed by atoms with Gasteiger partial charge in [-0.1, -0.05) is 24.3 Å². The molecule has 41 heavy (non-hydrogen) atoms. The van der Waals surface area contributed by atoms with Crippen LogP contribution in [0.1, 0.15) is 31.2 Å². The van der Waals surface area contributed by atoms with Crippen LogP contribution in [0.15, 0.2) is 66.9 Å². The fourth-order valence-corrected chi connectivity index (χ4v) is 5.22. The number of hydrogen-bond acceptors (Lipinski definition) is 9. The molecule has 5 rings (SSSR count). The van der Waals surface area contributed by atoms with Gasteiger partial charge in [-0.2, -0.15) is 5.21 Å². The first kappa shape index (κ1) is 29.8. The van der Waals surface area contributed by atoms with Crippen molar-refractivity contribution in [2.75, 3.05) is 17.2 Å². The highest BCUT2D eigenvalue weighted by atomic mass is 35.5. The van der Waals surface area contributed by atoms with Crippen molar-refractivity contribution in [3.63, 3.8) is 0 Å². The van der Waals surface area contributed by atoms with Crippen LogP contribution < -0.4 is 22.1 Å². The molecule has 12 heteroatoms. The van der Waals surface area contributed by atoms with Crippen LogP contribution in [-0.2, 0) is 16.0 Å². The Morgan fingerprint density at radius 3 is 2.27 bits per heavy atom. The van der Waals surface area contributed by atoms with Gasteiger partial charge in [0.2, 0.25) is 11.7 Å². The van der Waals surface area contributed by atoms with Gasteiger partial charge in [-0.05, 0) is 97.3 Å². The highest BCUT2D eigenvalue weighted by Crippen LogP contribution is 2.32. The van der Waals surface area contributed by atoms with Gasteiger partial charge in [-0.15, -0.1) is 22.6 Å². The zero-order valence-electron chi connectivity index (χ0n) is 22.5. The molecule has 0 bridgehead atoms. The number of aromatic amines is 1. The third-order valence-electron chi connectivity index (χ3n) is 7.58. The second kappa shape index (κ2) is 13.4. The maximum absolute atomic E-state index is 13.8. The van der Waals surface area contributed by atoms with Crippen LogP contribution in [-0.4, -0.2) is 50.0 Å². The fourth-order valence-electron chi connectivity index (χ4n) is 5.22. The summed E-state index contributed by atoms with van der Waals surface area (Å²) in [5.41, 5.74) is 22.1. The summed E-state index contributed by atoms with van der Waals surface area (Å²) in [6.07, 6.45) is 5.04. The largest absolute Gasteiger partial charge is 0.383 e. The Bertz CT molecular complexity index is 1440. The summed E-state index contributed by atoms with van der Waals surface area (Å²) in [5, 5.41) is 14.0. The number of hydrogen-bond donors (Lipinski definition) is 4. The Balaban J connectivity index is 0.00000387. The number of amides is 2. The Kier molecular flexibility index (Phi) is 9.77. The van der Waals surface area contributed by atoms with Gasteiger partial charge in [0.05, 0.1) is 11.7 Å². The molecule has 1 aliphatic carbocycles. The number of carbonyl (C=O) groups is 2. The summed E-state index contributed by atoms with van der Waals surface area (Å²) in [6, 6.07) is 17.4. The van der Waals surface area contributed by atoms with Crippen molar-refractivity contribution in [3.8, 4) is 22.5 Å². The van der Waals surface area contributed by atoms with Crippen LogP contribution in [0.2, 0.25) is 0 Å². The van der Waals surface area contributed by atoms with E-state index in [-0.39, 0.29) is 30.7 Å². The quantitative estimate of drug-likeness (QED) is 0.245. The number of aromatic nitrogens is 5. The SMILES string of the molecule is Cl.NCC1CCC(C(=O)N(C(=O)[C@@H](N)Cc2ccc(-c3cccnc3N)cc2)c2ccc(-c3nn[nH]n3)cc2)CC1. The summed E-state index contributed by atoms with van der Waals surface area (Å²) in [6.45, 7) is 0.609. The van der Waals surface area contributed by atoms with E-state index in [2.05, 4.69) is 25.6 Å². The molecular formula is C29H34ClN9O2. The summed E-state index contributed by atoms with van der Waals surface area (Å²) in [7, 11) is 0. The van der Waals surface area contributed by atoms with Gasteiger partial charge in [0.1, 0.15) is 5.82 Å². The van der Waals surface area contributed by atoms with E-state index in [0.29, 0.717) is 48.2 Å². The number of nitrogens with two attached hydrogens (primary N) is 3. The molecule has 214 valence electrons. The monoisotopic (exact) mass is 575 g/mol. The fraction of sp³-hybridized carbons (Fsp3) is 0.310. The lowest BCUT2D eigenvalue weighted by molar-refractivity contribution is -0.130. The molecule has 7 N–H and O–H groups in total. The molecule has 1 fully saturated rings. The first-order chi connectivity index (χ1) is 19.4. The Hall–Kier alpha value is -4.19. The van der Waals surface area contributed by atoms with Gasteiger partial charge in [0, 0.05) is 23.2 Å². The third-order valence-corrected chi connectivity index (χ3v) is 7.58. The summed E-state index contributed by atoms with van der Waals surface area (Å²) in [5.74, 6) is 0.338. The highest BCUT2D eigenvalue weighted by Gasteiger charge is 2.35. The van der Waals surface area contributed by atoms with Crippen LogP contribution in [0.25, 0.3) is 22.5 Å². The molecular weight excluding hydrogens is 542 g/mol.